The molecule has 1 fully saturated rings. The van der Waals surface area contributed by atoms with Crippen molar-refractivity contribution in [2.24, 2.45) is 0 Å². The smallest absolute Gasteiger partial charge is 0.253 e. The van der Waals surface area contributed by atoms with Crippen LogP contribution < -0.4 is 9.64 Å². The Balaban J connectivity index is 1.59. The van der Waals surface area contributed by atoms with Gasteiger partial charge in [0.05, 0.1) is 18.2 Å². The van der Waals surface area contributed by atoms with E-state index in [-0.39, 0.29) is 12.0 Å². The summed E-state index contributed by atoms with van der Waals surface area (Å²) in [5, 5.41) is 17.0. The van der Waals surface area contributed by atoms with Crippen molar-refractivity contribution in [1.29, 1.82) is 5.26 Å². The molecule has 2 heterocycles. The van der Waals surface area contributed by atoms with E-state index in [0.717, 1.165) is 12.2 Å². The summed E-state index contributed by atoms with van der Waals surface area (Å²) in [4.78, 5) is 16.1. The van der Waals surface area contributed by atoms with Gasteiger partial charge in [-0.25, -0.2) is 0 Å². The maximum atomic E-state index is 12.5. The first-order valence-electron chi connectivity index (χ1n) is 8.04. The summed E-state index contributed by atoms with van der Waals surface area (Å²) in [6, 6.07) is 12.3. The molecule has 2 aromatic rings. The highest BCUT2D eigenvalue weighted by atomic mass is 16.5. The molecule has 1 saturated heterocycles. The molecule has 1 aromatic carbocycles. The lowest BCUT2D eigenvalue weighted by molar-refractivity contribution is 0.0771. The van der Waals surface area contributed by atoms with E-state index >= 15 is 0 Å². The highest BCUT2D eigenvalue weighted by molar-refractivity contribution is 5.94. The summed E-state index contributed by atoms with van der Waals surface area (Å²) in [7, 11) is 3.79. The van der Waals surface area contributed by atoms with Crippen molar-refractivity contribution in [1.82, 2.24) is 15.1 Å². The number of ether oxygens (including phenoxy) is 1. The average molecular weight is 337 g/mol. The lowest BCUT2D eigenvalue weighted by Gasteiger charge is -2.17. The molecule has 0 N–H and O–H groups in total. The van der Waals surface area contributed by atoms with Crippen molar-refractivity contribution in [2.45, 2.75) is 12.5 Å². The van der Waals surface area contributed by atoms with Crippen LogP contribution in [0.15, 0.2) is 36.4 Å². The molecule has 0 spiro atoms. The van der Waals surface area contributed by atoms with Crippen LogP contribution in [0.25, 0.3) is 0 Å². The summed E-state index contributed by atoms with van der Waals surface area (Å²) >= 11 is 0. The van der Waals surface area contributed by atoms with E-state index in [1.165, 1.54) is 0 Å². The van der Waals surface area contributed by atoms with Gasteiger partial charge >= 0.3 is 0 Å². The first-order valence-corrected chi connectivity index (χ1v) is 8.04. The van der Waals surface area contributed by atoms with E-state index in [2.05, 4.69) is 10.2 Å². The minimum absolute atomic E-state index is 0.0513. The van der Waals surface area contributed by atoms with Crippen LogP contribution in [-0.2, 0) is 0 Å². The second-order valence-electron chi connectivity index (χ2n) is 6.09. The summed E-state index contributed by atoms with van der Waals surface area (Å²) in [6.45, 7) is 1.14. The fourth-order valence-corrected chi connectivity index (χ4v) is 2.66. The summed E-state index contributed by atoms with van der Waals surface area (Å²) in [5.41, 5.74) is 1.12. The SMILES string of the molecule is CN(C)c1ccc(O[C@@H]2CCN(C(=O)c3ccc(C#N)cc3)C2)nn1. The van der Waals surface area contributed by atoms with Gasteiger partial charge in [0, 0.05) is 38.7 Å². The molecule has 25 heavy (non-hydrogen) atoms. The van der Waals surface area contributed by atoms with Gasteiger partial charge < -0.3 is 14.5 Å². The predicted molar refractivity (Wildman–Crippen MR) is 92.5 cm³/mol. The fraction of sp³-hybridized carbons (Fsp3) is 0.333. The molecular weight excluding hydrogens is 318 g/mol. The van der Waals surface area contributed by atoms with E-state index in [0.29, 0.717) is 30.1 Å². The summed E-state index contributed by atoms with van der Waals surface area (Å²) in [5.74, 6) is 1.17. The Bertz CT molecular complexity index is 781. The Morgan fingerprint density at radius 1 is 1.24 bits per heavy atom. The third-order valence-corrected chi connectivity index (χ3v) is 4.06. The number of benzene rings is 1. The lowest BCUT2D eigenvalue weighted by atomic mass is 10.1. The largest absolute Gasteiger partial charge is 0.471 e. The first kappa shape index (κ1) is 16.7. The second-order valence-corrected chi connectivity index (χ2v) is 6.09. The van der Waals surface area contributed by atoms with E-state index in [4.69, 9.17) is 10.00 Å². The zero-order chi connectivity index (χ0) is 17.8. The Hall–Kier alpha value is -3.14. The molecule has 0 unspecified atom stereocenters. The van der Waals surface area contributed by atoms with Crippen LogP contribution in [0.1, 0.15) is 22.3 Å². The van der Waals surface area contributed by atoms with Gasteiger partial charge in [0.2, 0.25) is 5.88 Å². The van der Waals surface area contributed by atoms with E-state index < -0.39 is 0 Å². The van der Waals surface area contributed by atoms with Crippen LogP contribution in [0.3, 0.4) is 0 Å². The maximum Gasteiger partial charge on any atom is 0.253 e. The highest BCUT2D eigenvalue weighted by Crippen LogP contribution is 2.19. The zero-order valence-electron chi connectivity index (χ0n) is 14.2. The Labute approximate surface area is 146 Å². The number of likely N-dealkylation sites (tertiary alicyclic amines) is 1. The van der Waals surface area contributed by atoms with E-state index in [9.17, 15) is 4.79 Å². The lowest BCUT2D eigenvalue weighted by Crippen LogP contribution is -2.31. The molecule has 128 valence electrons. The number of carbonyl (C=O) groups excluding carboxylic acids is 1. The second kappa shape index (κ2) is 7.18. The minimum Gasteiger partial charge on any atom is -0.471 e. The Morgan fingerprint density at radius 3 is 2.60 bits per heavy atom. The molecule has 1 aliphatic heterocycles. The third-order valence-electron chi connectivity index (χ3n) is 4.06. The van der Waals surface area contributed by atoms with Crippen molar-refractivity contribution < 1.29 is 9.53 Å². The van der Waals surface area contributed by atoms with Gasteiger partial charge in [0.15, 0.2) is 5.82 Å². The van der Waals surface area contributed by atoms with Crippen LogP contribution in [0, 0.1) is 11.3 Å². The van der Waals surface area contributed by atoms with E-state index in [1.807, 2.05) is 31.1 Å². The van der Waals surface area contributed by atoms with Gasteiger partial charge in [-0.1, -0.05) is 0 Å². The van der Waals surface area contributed by atoms with Gasteiger partial charge in [-0.15, -0.1) is 10.2 Å². The molecule has 1 aliphatic rings. The van der Waals surface area contributed by atoms with Crippen LogP contribution in [0.4, 0.5) is 5.82 Å². The van der Waals surface area contributed by atoms with Gasteiger partial charge in [-0.3, -0.25) is 4.79 Å². The van der Waals surface area contributed by atoms with Crippen molar-refractivity contribution >= 4 is 11.7 Å². The third kappa shape index (κ3) is 3.86. The molecule has 1 aromatic heterocycles. The molecule has 7 heteroatoms. The molecule has 1 amide bonds. The minimum atomic E-state index is -0.0955. The number of carbonyl (C=O) groups is 1. The van der Waals surface area contributed by atoms with Crippen LogP contribution in [0.5, 0.6) is 5.88 Å². The van der Waals surface area contributed by atoms with Gasteiger partial charge in [0.25, 0.3) is 5.91 Å². The number of hydrogen-bond donors (Lipinski definition) is 0. The number of nitrogens with zero attached hydrogens (tertiary/aromatic N) is 5. The normalized spacial score (nSPS) is 16.4. The Morgan fingerprint density at radius 2 is 2.00 bits per heavy atom. The molecule has 7 nitrogen and oxygen atoms in total. The highest BCUT2D eigenvalue weighted by Gasteiger charge is 2.28. The molecule has 0 bridgehead atoms. The molecular formula is C18H19N5O2. The fourth-order valence-electron chi connectivity index (χ4n) is 2.66. The van der Waals surface area contributed by atoms with Crippen molar-refractivity contribution in [3.8, 4) is 11.9 Å². The molecule has 0 radical (unpaired) electrons. The molecule has 0 saturated carbocycles. The average Bonchev–Trinajstić information content (AvgIpc) is 3.10. The van der Waals surface area contributed by atoms with Crippen LogP contribution >= 0.6 is 0 Å². The Kier molecular flexibility index (Phi) is 4.80. The van der Waals surface area contributed by atoms with Crippen LogP contribution in [-0.4, -0.2) is 54.3 Å². The summed E-state index contributed by atoms with van der Waals surface area (Å²) in [6.07, 6.45) is 0.654. The van der Waals surface area contributed by atoms with Gasteiger partial charge in [0.1, 0.15) is 6.10 Å². The van der Waals surface area contributed by atoms with Crippen molar-refractivity contribution in [2.75, 3.05) is 32.1 Å². The number of hydrogen-bond acceptors (Lipinski definition) is 6. The topological polar surface area (TPSA) is 82.4 Å². The maximum absolute atomic E-state index is 12.5. The number of aromatic nitrogens is 2. The first-order chi connectivity index (χ1) is 12.1. The number of amides is 1. The molecule has 1 atom stereocenters. The number of rotatable bonds is 4. The number of anilines is 1. The molecule has 0 aliphatic carbocycles. The van der Waals surface area contributed by atoms with E-state index in [1.54, 1.807) is 35.2 Å². The van der Waals surface area contributed by atoms with Crippen molar-refractivity contribution in [3.05, 3.63) is 47.5 Å². The predicted octanol–water partition coefficient (Wildman–Crippen LogP) is 1.71. The van der Waals surface area contributed by atoms with Crippen LogP contribution in [0.2, 0.25) is 0 Å². The van der Waals surface area contributed by atoms with Gasteiger partial charge in [-0.05, 0) is 30.3 Å². The van der Waals surface area contributed by atoms with Crippen molar-refractivity contribution in [3.63, 3.8) is 0 Å². The quantitative estimate of drug-likeness (QED) is 0.845. The van der Waals surface area contributed by atoms with Gasteiger partial charge in [-0.2, -0.15) is 5.26 Å². The zero-order valence-corrected chi connectivity index (χ0v) is 14.2. The monoisotopic (exact) mass is 337 g/mol. The molecule has 3 rings (SSSR count). The standard InChI is InChI=1S/C18H19N5O2/c1-22(2)16-7-8-17(21-20-16)25-15-9-10-23(12-15)18(24)14-5-3-13(11-19)4-6-14/h3-8,15H,9-10,12H2,1-2H3/t15-/m1/s1. The summed E-state index contributed by atoms with van der Waals surface area (Å²) < 4.78 is 5.83. The number of nitriles is 1.